The highest BCUT2D eigenvalue weighted by atomic mass is 16.6. The van der Waals surface area contributed by atoms with Gasteiger partial charge in [-0.2, -0.15) is 0 Å². The lowest BCUT2D eigenvalue weighted by molar-refractivity contribution is -0.205. The average molecular weight is 601 g/mol. The first kappa shape index (κ1) is 31.4. The van der Waals surface area contributed by atoms with E-state index in [1.165, 1.54) is 0 Å². The van der Waals surface area contributed by atoms with E-state index in [0.29, 0.717) is 35.5 Å². The van der Waals surface area contributed by atoms with Crippen LogP contribution in [0.1, 0.15) is 149 Å². The molecule has 6 saturated carbocycles. The van der Waals surface area contributed by atoms with Crippen molar-refractivity contribution in [1.29, 1.82) is 0 Å². The van der Waals surface area contributed by atoms with Gasteiger partial charge in [-0.15, -0.1) is 0 Å². The molecule has 6 bridgehead atoms. The van der Waals surface area contributed by atoms with E-state index in [4.69, 9.17) is 14.2 Å². The van der Waals surface area contributed by atoms with Gasteiger partial charge in [0.2, 0.25) is 0 Å². The van der Waals surface area contributed by atoms with Crippen LogP contribution in [0.3, 0.4) is 0 Å². The fourth-order valence-electron chi connectivity index (χ4n) is 11.3. The topological polar surface area (TPSA) is 99.1 Å². The molecule has 0 aromatic carbocycles. The highest BCUT2D eigenvalue weighted by molar-refractivity contribution is 5.90. The van der Waals surface area contributed by atoms with Crippen LogP contribution >= 0.6 is 0 Å². The molecule has 6 aliphatic carbocycles. The van der Waals surface area contributed by atoms with Gasteiger partial charge in [0.1, 0.15) is 16.8 Å². The summed E-state index contributed by atoms with van der Waals surface area (Å²) in [6.45, 7) is 6.63. The van der Waals surface area contributed by atoms with Crippen molar-refractivity contribution in [2.75, 3.05) is 0 Å². The molecule has 0 heterocycles. The maximum absolute atomic E-state index is 14.0. The highest BCUT2D eigenvalue weighted by Gasteiger charge is 2.53. The predicted molar refractivity (Wildman–Crippen MR) is 162 cm³/mol. The van der Waals surface area contributed by atoms with Crippen molar-refractivity contribution in [2.45, 2.75) is 172 Å². The molecule has 0 saturated heterocycles. The quantitative estimate of drug-likeness (QED) is 0.232. The molecule has 0 aromatic rings. The average Bonchev–Trinajstić information content (AvgIpc) is 2.86. The van der Waals surface area contributed by atoms with Gasteiger partial charge in [-0.1, -0.05) is 40.0 Å². The molecule has 0 amide bonds. The maximum Gasteiger partial charge on any atom is 0.339 e. The lowest BCUT2D eigenvalue weighted by Crippen LogP contribution is -2.53. The van der Waals surface area contributed by atoms with Gasteiger partial charge in [-0.3, -0.25) is 9.59 Å². The summed E-state index contributed by atoms with van der Waals surface area (Å²) in [5.74, 6) is 0.880. The molecule has 9 unspecified atom stereocenters. The van der Waals surface area contributed by atoms with E-state index in [2.05, 4.69) is 20.8 Å². The summed E-state index contributed by atoms with van der Waals surface area (Å²) in [6, 6.07) is 0. The van der Waals surface area contributed by atoms with E-state index in [1.54, 1.807) is 0 Å². The Morgan fingerprint density at radius 2 is 0.953 bits per heavy atom. The molecule has 9 atom stereocenters. The molecule has 43 heavy (non-hydrogen) atoms. The van der Waals surface area contributed by atoms with Gasteiger partial charge in [0.25, 0.3) is 0 Å². The van der Waals surface area contributed by atoms with Gasteiger partial charge in [-0.25, -0.2) is 4.79 Å². The third kappa shape index (κ3) is 6.97. The van der Waals surface area contributed by atoms with Crippen LogP contribution in [0, 0.1) is 35.5 Å². The van der Waals surface area contributed by atoms with Crippen LogP contribution in [-0.4, -0.2) is 45.4 Å². The second-order valence-electron chi connectivity index (χ2n) is 16.8. The number of carbonyl (C=O) groups excluding carboxylic acids is 3. The minimum Gasteiger partial charge on any atom is -0.459 e. The number of hydrogen-bond acceptors (Lipinski definition) is 7. The molecule has 6 rings (SSSR count). The number of carbonyl (C=O) groups is 3. The number of hydrogen-bond donors (Lipinski definition) is 1. The monoisotopic (exact) mass is 600 g/mol. The van der Waals surface area contributed by atoms with Gasteiger partial charge in [0.05, 0.1) is 12.8 Å². The van der Waals surface area contributed by atoms with E-state index in [0.717, 1.165) is 116 Å². The Kier molecular flexibility index (Phi) is 8.71. The summed E-state index contributed by atoms with van der Waals surface area (Å²) >= 11 is 0. The van der Waals surface area contributed by atoms with Crippen molar-refractivity contribution in [3.63, 3.8) is 0 Å². The third-order valence-corrected chi connectivity index (χ3v) is 12.3. The molecule has 0 aromatic heterocycles. The molecule has 7 nitrogen and oxygen atoms in total. The lowest BCUT2D eigenvalue weighted by atomic mass is 9.65. The van der Waals surface area contributed by atoms with Crippen LogP contribution in [-0.2, 0) is 28.6 Å². The number of aliphatic hydroxyl groups is 1. The zero-order chi connectivity index (χ0) is 30.5. The van der Waals surface area contributed by atoms with Crippen LogP contribution in [0.25, 0.3) is 0 Å². The molecule has 0 radical (unpaired) electrons. The number of esters is 3. The first-order valence-corrected chi connectivity index (χ1v) is 17.8. The lowest BCUT2D eigenvalue weighted by Gasteiger charge is -2.48. The fourth-order valence-corrected chi connectivity index (χ4v) is 11.3. The van der Waals surface area contributed by atoms with Gasteiger partial charge in [-0.05, 0) is 132 Å². The normalized spacial score (nSPS) is 43.5. The summed E-state index contributed by atoms with van der Waals surface area (Å²) in [6.07, 6.45) is 16.0. The van der Waals surface area contributed by atoms with Crippen molar-refractivity contribution in [3.05, 3.63) is 0 Å². The summed E-state index contributed by atoms with van der Waals surface area (Å²) in [7, 11) is 0. The third-order valence-electron chi connectivity index (χ3n) is 12.3. The molecule has 6 aliphatic rings. The van der Waals surface area contributed by atoms with Crippen molar-refractivity contribution < 1.29 is 33.7 Å². The number of fused-ring (bicyclic) bond motifs is 6. The largest absolute Gasteiger partial charge is 0.459 e. The Morgan fingerprint density at radius 1 is 0.605 bits per heavy atom. The van der Waals surface area contributed by atoms with Crippen molar-refractivity contribution in [1.82, 2.24) is 0 Å². The van der Waals surface area contributed by atoms with Gasteiger partial charge in [0.15, 0.2) is 5.60 Å². The first-order valence-electron chi connectivity index (χ1n) is 17.8. The highest BCUT2D eigenvalue weighted by Crippen LogP contribution is 2.50. The molecule has 0 aliphatic heterocycles. The minimum absolute atomic E-state index is 0.424. The van der Waals surface area contributed by atoms with Crippen molar-refractivity contribution in [3.8, 4) is 0 Å². The molecular formula is C36H56O7. The van der Waals surface area contributed by atoms with Crippen LogP contribution in [0.5, 0.6) is 0 Å². The van der Waals surface area contributed by atoms with Gasteiger partial charge < -0.3 is 19.3 Å². The molecule has 242 valence electrons. The molecule has 1 N–H and O–H groups in total. The molecular weight excluding hydrogens is 544 g/mol. The van der Waals surface area contributed by atoms with Crippen molar-refractivity contribution >= 4 is 17.9 Å². The number of rotatable bonds is 8. The number of ether oxygens (including phenoxy) is 3. The second-order valence-corrected chi connectivity index (χ2v) is 16.8. The van der Waals surface area contributed by atoms with E-state index in [9.17, 15) is 19.5 Å². The Labute approximate surface area is 258 Å². The van der Waals surface area contributed by atoms with E-state index in [1.807, 2.05) is 0 Å². The smallest absolute Gasteiger partial charge is 0.339 e. The Hall–Kier alpha value is -1.63. The van der Waals surface area contributed by atoms with Gasteiger partial charge in [0, 0.05) is 0 Å². The van der Waals surface area contributed by atoms with Crippen LogP contribution in [0.2, 0.25) is 0 Å². The first-order chi connectivity index (χ1) is 20.4. The molecule has 7 heteroatoms. The van der Waals surface area contributed by atoms with E-state index in [-0.39, 0.29) is 0 Å². The van der Waals surface area contributed by atoms with Crippen LogP contribution < -0.4 is 0 Å². The van der Waals surface area contributed by atoms with E-state index < -0.39 is 53.2 Å². The van der Waals surface area contributed by atoms with Crippen molar-refractivity contribution in [2.24, 2.45) is 35.5 Å². The van der Waals surface area contributed by atoms with Crippen LogP contribution in [0.15, 0.2) is 0 Å². The second kappa shape index (κ2) is 11.9. The van der Waals surface area contributed by atoms with Gasteiger partial charge >= 0.3 is 17.9 Å². The SMILES string of the molecule is CC1CC2CCCC(OC(=O)CC(O)(CC(=O)OC34CCCC(CC(C)C3)C4)C(=O)OC34CCCC(CC(C)C3)C4)(C1)C2. The Balaban J connectivity index is 1.20. The maximum atomic E-state index is 14.0. The summed E-state index contributed by atoms with van der Waals surface area (Å²) in [4.78, 5) is 41.3. The summed E-state index contributed by atoms with van der Waals surface area (Å²) in [5, 5.41) is 12.0. The Morgan fingerprint density at radius 3 is 1.33 bits per heavy atom. The zero-order valence-corrected chi connectivity index (χ0v) is 27.0. The summed E-state index contributed by atoms with van der Waals surface area (Å²) in [5.41, 5.74) is -4.02. The Bertz CT molecular complexity index is 1010. The minimum atomic E-state index is -2.31. The van der Waals surface area contributed by atoms with E-state index >= 15 is 0 Å². The standard InChI is InChI=1S/C36H56O7/c1-24-13-27-7-4-10-33(16-24,19-27)41-30(37)22-36(40,32(39)43-35-12-6-9-29(21-35)15-26(3)18-35)23-31(38)42-34-11-5-8-28(20-34)14-25(2)17-34/h24-29,40H,4-23H2,1-3H3. The zero-order valence-electron chi connectivity index (χ0n) is 27.0. The summed E-state index contributed by atoms with van der Waals surface area (Å²) < 4.78 is 18.7. The molecule has 0 spiro atoms. The fraction of sp³-hybridized carbons (Fsp3) is 0.917. The van der Waals surface area contributed by atoms with Crippen LogP contribution in [0.4, 0.5) is 0 Å². The molecule has 6 fully saturated rings. The predicted octanol–water partition coefficient (Wildman–Crippen LogP) is 7.20.